The molecule has 0 amide bonds. The molecule has 4 nitrogen and oxygen atoms in total. The molecule has 2 unspecified atom stereocenters. The molecule has 0 N–H and O–H groups in total. The van der Waals surface area contributed by atoms with Gasteiger partial charge in [-0.25, -0.2) is 0 Å². The number of esters is 2. The largest absolute Gasteiger partial charge is 0.469 e. The smallest absolute Gasteiger partial charge is 0.313 e. The minimum Gasteiger partial charge on any atom is -0.469 e. The van der Waals surface area contributed by atoms with Crippen LogP contribution in [0, 0.1) is 0 Å². The third-order valence-electron chi connectivity index (χ3n) is 1.12. The van der Waals surface area contributed by atoms with Crippen LogP contribution in [-0.2, 0) is 19.1 Å². The Hall–Kier alpha value is -0.630. The monoisotopic (exact) mass is 178 g/mol. The lowest BCUT2D eigenvalue weighted by Crippen LogP contribution is -2.19. The molecule has 0 aliphatic carbocycles. The van der Waals surface area contributed by atoms with Crippen molar-refractivity contribution in [2.75, 3.05) is 14.2 Å². The molecule has 2 atom stereocenters. The van der Waals surface area contributed by atoms with Crippen molar-refractivity contribution >= 4 is 21.2 Å². The second-order valence-corrected chi connectivity index (χ2v) is 2.71. The highest BCUT2D eigenvalue weighted by atomic mass is 31.0. The fraction of sp³-hybridized carbons (Fsp3) is 0.667. The summed E-state index contributed by atoms with van der Waals surface area (Å²) >= 11 is 0. The molecular weight excluding hydrogens is 167 g/mol. The van der Waals surface area contributed by atoms with E-state index in [9.17, 15) is 9.59 Å². The maximum absolute atomic E-state index is 10.7. The Bertz CT molecular complexity index is 157. The van der Waals surface area contributed by atoms with E-state index in [2.05, 4.69) is 18.7 Å². The molecule has 0 saturated carbocycles. The molecule has 0 aliphatic rings. The highest BCUT2D eigenvalue weighted by Crippen LogP contribution is 2.07. The van der Waals surface area contributed by atoms with Gasteiger partial charge in [0, 0.05) is 0 Å². The molecule has 0 aromatic rings. The molecule has 11 heavy (non-hydrogen) atoms. The van der Waals surface area contributed by atoms with Crippen molar-refractivity contribution in [2.24, 2.45) is 0 Å². The van der Waals surface area contributed by atoms with Gasteiger partial charge in [0.15, 0.2) is 0 Å². The maximum atomic E-state index is 10.7. The SMILES string of the molecule is COC(=O)CC(P)C(=O)OC. The summed E-state index contributed by atoms with van der Waals surface area (Å²) in [7, 11) is 4.77. The van der Waals surface area contributed by atoms with Crippen LogP contribution in [0.15, 0.2) is 0 Å². The molecule has 5 heteroatoms. The minimum absolute atomic E-state index is 0.0356. The van der Waals surface area contributed by atoms with Gasteiger partial charge in [-0.05, 0) is 0 Å². The highest BCUT2D eigenvalue weighted by Gasteiger charge is 2.17. The van der Waals surface area contributed by atoms with E-state index >= 15 is 0 Å². The van der Waals surface area contributed by atoms with E-state index in [4.69, 9.17) is 0 Å². The first-order valence-corrected chi connectivity index (χ1v) is 3.68. The summed E-state index contributed by atoms with van der Waals surface area (Å²) in [6, 6.07) is 0. The van der Waals surface area contributed by atoms with E-state index in [1.54, 1.807) is 0 Å². The van der Waals surface area contributed by atoms with E-state index in [0.29, 0.717) is 0 Å². The molecule has 0 spiro atoms. The molecule has 0 bridgehead atoms. The Kier molecular flexibility index (Phi) is 4.79. The Morgan fingerprint density at radius 3 is 2.27 bits per heavy atom. The van der Waals surface area contributed by atoms with Gasteiger partial charge in [-0.1, -0.05) is 0 Å². The lowest BCUT2D eigenvalue weighted by atomic mass is 10.3. The summed E-state index contributed by atoms with van der Waals surface area (Å²) < 4.78 is 8.75. The standard InChI is InChI=1S/C6H11O4P/c1-9-5(7)3-4(11)6(8)10-2/h4H,3,11H2,1-2H3. The fourth-order valence-electron chi connectivity index (χ4n) is 0.498. The van der Waals surface area contributed by atoms with Gasteiger partial charge in [-0.2, -0.15) is 0 Å². The van der Waals surface area contributed by atoms with Crippen LogP contribution < -0.4 is 0 Å². The zero-order chi connectivity index (χ0) is 8.85. The Labute approximate surface area is 67.4 Å². The number of hydrogen-bond acceptors (Lipinski definition) is 4. The lowest BCUT2D eigenvalue weighted by Gasteiger charge is -2.05. The van der Waals surface area contributed by atoms with Crippen molar-refractivity contribution in [1.29, 1.82) is 0 Å². The van der Waals surface area contributed by atoms with Crippen LogP contribution in [0.25, 0.3) is 0 Å². The van der Waals surface area contributed by atoms with E-state index in [1.165, 1.54) is 14.2 Å². The highest BCUT2D eigenvalue weighted by molar-refractivity contribution is 7.19. The van der Waals surface area contributed by atoms with Crippen molar-refractivity contribution in [3.63, 3.8) is 0 Å². The van der Waals surface area contributed by atoms with E-state index in [1.807, 2.05) is 0 Å². The Morgan fingerprint density at radius 2 is 1.91 bits per heavy atom. The Balaban J connectivity index is 3.77. The van der Waals surface area contributed by atoms with E-state index in [0.717, 1.165) is 0 Å². The molecular formula is C6H11O4P. The maximum Gasteiger partial charge on any atom is 0.313 e. The molecule has 0 saturated heterocycles. The van der Waals surface area contributed by atoms with Gasteiger partial charge in [0.2, 0.25) is 0 Å². The molecule has 0 fully saturated rings. The summed E-state index contributed by atoms with van der Waals surface area (Å²) in [5.74, 6) is -0.851. The summed E-state index contributed by atoms with van der Waals surface area (Å²) in [6.45, 7) is 0. The number of carbonyl (C=O) groups excluding carboxylic acids is 2. The predicted molar refractivity (Wildman–Crippen MR) is 42.1 cm³/mol. The van der Waals surface area contributed by atoms with Crippen LogP contribution in [0.1, 0.15) is 6.42 Å². The molecule has 0 aliphatic heterocycles. The van der Waals surface area contributed by atoms with Crippen molar-refractivity contribution < 1.29 is 19.1 Å². The van der Waals surface area contributed by atoms with Crippen molar-refractivity contribution in [3.05, 3.63) is 0 Å². The first-order valence-electron chi connectivity index (χ1n) is 3.02. The van der Waals surface area contributed by atoms with Gasteiger partial charge in [-0.3, -0.25) is 9.59 Å². The van der Waals surface area contributed by atoms with Gasteiger partial charge < -0.3 is 9.47 Å². The molecule has 0 aromatic carbocycles. The summed E-state index contributed by atoms with van der Waals surface area (Å²) in [4.78, 5) is 21.3. The van der Waals surface area contributed by atoms with Crippen LogP contribution in [-0.4, -0.2) is 31.8 Å². The summed E-state index contributed by atoms with van der Waals surface area (Å²) in [6.07, 6.45) is 0.0356. The van der Waals surface area contributed by atoms with Crippen LogP contribution >= 0.6 is 9.24 Å². The summed E-state index contributed by atoms with van der Waals surface area (Å²) in [5, 5.41) is 0. The average Bonchev–Trinajstić information content (AvgIpc) is 2.02. The number of ether oxygens (including phenoxy) is 2. The third kappa shape index (κ3) is 3.94. The van der Waals surface area contributed by atoms with Crippen molar-refractivity contribution in [1.82, 2.24) is 0 Å². The van der Waals surface area contributed by atoms with Gasteiger partial charge in [0.05, 0.1) is 26.3 Å². The molecule has 0 rings (SSSR count). The second-order valence-electron chi connectivity index (χ2n) is 1.91. The number of hydrogen-bond donors (Lipinski definition) is 0. The Morgan fingerprint density at radius 1 is 1.36 bits per heavy atom. The van der Waals surface area contributed by atoms with E-state index < -0.39 is 17.6 Å². The number of methoxy groups -OCH3 is 2. The molecule has 0 radical (unpaired) electrons. The van der Waals surface area contributed by atoms with Crippen molar-refractivity contribution in [3.8, 4) is 0 Å². The van der Waals surface area contributed by atoms with Crippen LogP contribution in [0.2, 0.25) is 0 Å². The van der Waals surface area contributed by atoms with Crippen LogP contribution in [0.3, 0.4) is 0 Å². The lowest BCUT2D eigenvalue weighted by molar-refractivity contribution is -0.146. The normalized spacial score (nSPS) is 11.9. The summed E-state index contributed by atoms with van der Waals surface area (Å²) in [5.41, 5.74) is -0.507. The minimum atomic E-state index is -0.507. The fourth-order valence-corrected chi connectivity index (χ4v) is 0.826. The quantitative estimate of drug-likeness (QED) is 0.449. The third-order valence-corrected chi connectivity index (χ3v) is 1.63. The molecule has 0 heterocycles. The predicted octanol–water partition coefficient (Wildman–Crippen LogP) is -0.0338. The first kappa shape index (κ1) is 10.4. The second kappa shape index (κ2) is 5.08. The number of carbonyl (C=O) groups is 2. The van der Waals surface area contributed by atoms with E-state index in [-0.39, 0.29) is 6.42 Å². The zero-order valence-electron chi connectivity index (χ0n) is 6.49. The van der Waals surface area contributed by atoms with Gasteiger partial charge in [-0.15, -0.1) is 9.24 Å². The molecule has 0 aromatic heterocycles. The number of rotatable bonds is 3. The van der Waals surface area contributed by atoms with Crippen molar-refractivity contribution in [2.45, 2.75) is 12.1 Å². The van der Waals surface area contributed by atoms with Crippen LogP contribution in [0.4, 0.5) is 0 Å². The zero-order valence-corrected chi connectivity index (χ0v) is 7.65. The van der Waals surface area contributed by atoms with Gasteiger partial charge >= 0.3 is 11.9 Å². The first-order chi connectivity index (χ1) is 5.11. The average molecular weight is 178 g/mol. The van der Waals surface area contributed by atoms with Gasteiger partial charge in [0.1, 0.15) is 0 Å². The molecule has 64 valence electrons. The van der Waals surface area contributed by atoms with Crippen LogP contribution in [0.5, 0.6) is 0 Å². The van der Waals surface area contributed by atoms with Gasteiger partial charge in [0.25, 0.3) is 0 Å². The topological polar surface area (TPSA) is 52.6 Å².